The molecule has 0 aliphatic carbocycles. The largest absolute Gasteiger partial charge is 0.392 e. The summed E-state index contributed by atoms with van der Waals surface area (Å²) in [4.78, 5) is 32.3. The van der Waals surface area contributed by atoms with E-state index in [0.29, 0.717) is 12.1 Å². The van der Waals surface area contributed by atoms with Gasteiger partial charge in [0.2, 0.25) is 12.1 Å². The molecular formula is C25H31N3O3. The Bertz CT molecular complexity index is 979. The number of carbonyl (C=O) groups excluding carboxylic acids is 2. The van der Waals surface area contributed by atoms with Crippen molar-refractivity contribution < 1.29 is 14.7 Å². The highest BCUT2D eigenvalue weighted by molar-refractivity contribution is 6.20. The van der Waals surface area contributed by atoms with Gasteiger partial charge in [-0.15, -0.1) is 0 Å². The Balaban J connectivity index is 1.95. The first-order chi connectivity index (χ1) is 14.6. The third kappa shape index (κ3) is 5.20. The molecule has 2 amide bonds. The normalized spacial score (nSPS) is 18.5. The number of nitrogens with zero attached hydrogens (tertiary/aromatic N) is 2. The molecule has 2 aromatic rings. The number of aliphatic imine (C=N–C) groups is 1. The lowest BCUT2D eigenvalue weighted by Gasteiger charge is -2.27. The van der Waals surface area contributed by atoms with Crippen molar-refractivity contribution in [3.05, 3.63) is 65.7 Å². The minimum absolute atomic E-state index is 0.118. The fraction of sp³-hybridized carbons (Fsp3) is 0.400. The summed E-state index contributed by atoms with van der Waals surface area (Å²) in [7, 11) is 1.68. The maximum absolute atomic E-state index is 13.2. The molecule has 0 radical (unpaired) electrons. The van der Waals surface area contributed by atoms with E-state index in [9.17, 15) is 14.7 Å². The number of hydrogen-bond acceptors (Lipinski definition) is 4. The third-order valence-corrected chi connectivity index (χ3v) is 5.48. The first kappa shape index (κ1) is 22.7. The lowest BCUT2D eigenvalue weighted by atomic mass is 9.85. The molecule has 1 unspecified atom stereocenters. The van der Waals surface area contributed by atoms with Crippen molar-refractivity contribution in [3.8, 4) is 0 Å². The number of likely N-dealkylation sites (N-methyl/N-ethyl adjacent to an activating group) is 1. The van der Waals surface area contributed by atoms with Crippen molar-refractivity contribution in [3.63, 3.8) is 0 Å². The van der Waals surface area contributed by atoms with Crippen LogP contribution in [0.3, 0.4) is 0 Å². The number of rotatable bonds is 5. The summed E-state index contributed by atoms with van der Waals surface area (Å²) in [5, 5.41) is 13.3. The smallest absolute Gasteiger partial charge is 0.272 e. The van der Waals surface area contributed by atoms with Gasteiger partial charge in [-0.1, -0.05) is 76.2 Å². The van der Waals surface area contributed by atoms with E-state index in [1.165, 1.54) is 4.90 Å². The Kier molecular flexibility index (Phi) is 6.60. The van der Waals surface area contributed by atoms with Crippen molar-refractivity contribution in [1.29, 1.82) is 0 Å². The molecule has 164 valence electrons. The molecule has 0 saturated carbocycles. The van der Waals surface area contributed by atoms with Gasteiger partial charge < -0.3 is 15.3 Å². The van der Waals surface area contributed by atoms with Gasteiger partial charge in [-0.25, -0.2) is 4.99 Å². The highest BCUT2D eigenvalue weighted by Gasteiger charge is 2.33. The Morgan fingerprint density at radius 3 is 2.39 bits per heavy atom. The average Bonchev–Trinajstić information content (AvgIpc) is 2.83. The van der Waals surface area contributed by atoms with Crippen LogP contribution >= 0.6 is 0 Å². The molecule has 2 N–H and O–H groups in total. The minimum atomic E-state index is -1.08. The minimum Gasteiger partial charge on any atom is -0.392 e. The zero-order valence-electron chi connectivity index (χ0n) is 18.8. The van der Waals surface area contributed by atoms with E-state index in [-0.39, 0.29) is 11.3 Å². The molecule has 0 saturated heterocycles. The molecule has 0 bridgehead atoms. The van der Waals surface area contributed by atoms with Gasteiger partial charge in [0.25, 0.3) is 5.91 Å². The van der Waals surface area contributed by atoms with E-state index in [1.54, 1.807) is 14.0 Å². The molecule has 1 heterocycles. The molecule has 31 heavy (non-hydrogen) atoms. The third-order valence-electron chi connectivity index (χ3n) is 5.48. The van der Waals surface area contributed by atoms with Crippen LogP contribution in [-0.2, 0) is 9.59 Å². The molecule has 0 fully saturated rings. The summed E-state index contributed by atoms with van der Waals surface area (Å²) in [6.45, 7) is 7.71. The number of para-hydroxylation sites is 1. The molecule has 1 aliphatic rings. The number of benzene rings is 2. The Hall–Kier alpha value is -2.99. The molecule has 6 nitrogen and oxygen atoms in total. The van der Waals surface area contributed by atoms with Crippen LogP contribution in [0, 0.1) is 11.3 Å². The molecular weight excluding hydrogens is 390 g/mol. The van der Waals surface area contributed by atoms with Crippen molar-refractivity contribution >= 4 is 23.2 Å². The number of benzodiazepines with no additional fused rings is 1. The Morgan fingerprint density at radius 1 is 1.13 bits per heavy atom. The predicted octanol–water partition coefficient (Wildman–Crippen LogP) is 3.38. The van der Waals surface area contributed by atoms with Gasteiger partial charge >= 0.3 is 0 Å². The standard InChI is InChI=1S/C25H31N3O3/c1-16(20(29)15-25(2,3)4)23(30)27-22-24(31)28(5)19-14-10-9-13-18(19)21(26-22)17-11-7-6-8-12-17/h6-14,16,20,22,29H,15H2,1-5H3,(H,27,30)/t16-,20+,22?/m1/s1. The van der Waals surface area contributed by atoms with Gasteiger partial charge in [0.1, 0.15) is 0 Å². The predicted molar refractivity (Wildman–Crippen MR) is 123 cm³/mol. The van der Waals surface area contributed by atoms with Gasteiger partial charge in [0, 0.05) is 18.2 Å². The van der Waals surface area contributed by atoms with Crippen LogP contribution in [0.1, 0.15) is 45.2 Å². The number of aliphatic hydroxyl groups is 1. The van der Waals surface area contributed by atoms with Crippen LogP contribution in [-0.4, -0.2) is 41.9 Å². The molecule has 3 rings (SSSR count). The highest BCUT2D eigenvalue weighted by atomic mass is 16.3. The van der Waals surface area contributed by atoms with Gasteiger partial charge in [-0.3, -0.25) is 9.59 Å². The van der Waals surface area contributed by atoms with E-state index in [2.05, 4.69) is 10.3 Å². The quantitative estimate of drug-likeness (QED) is 0.777. The van der Waals surface area contributed by atoms with Gasteiger partial charge in [0.05, 0.1) is 23.4 Å². The fourth-order valence-corrected chi connectivity index (χ4v) is 3.69. The van der Waals surface area contributed by atoms with E-state index in [1.807, 2.05) is 75.4 Å². The molecule has 1 aliphatic heterocycles. The summed E-state index contributed by atoms with van der Waals surface area (Å²) in [6, 6.07) is 17.2. The van der Waals surface area contributed by atoms with Crippen molar-refractivity contribution in [2.75, 3.05) is 11.9 Å². The molecule has 0 spiro atoms. The Labute approximate surface area is 184 Å². The SMILES string of the molecule is C[C@@H](C(=O)NC1N=C(c2ccccc2)c2ccccc2N(C)C1=O)[C@@H](O)CC(C)(C)C. The monoisotopic (exact) mass is 421 g/mol. The highest BCUT2D eigenvalue weighted by Crippen LogP contribution is 2.28. The fourth-order valence-electron chi connectivity index (χ4n) is 3.69. The molecule has 2 aromatic carbocycles. The maximum atomic E-state index is 13.2. The van der Waals surface area contributed by atoms with Crippen LogP contribution in [0.5, 0.6) is 0 Å². The molecule has 0 aromatic heterocycles. The van der Waals surface area contributed by atoms with E-state index in [0.717, 1.165) is 16.8 Å². The van der Waals surface area contributed by atoms with E-state index >= 15 is 0 Å². The number of nitrogens with one attached hydrogen (secondary N) is 1. The van der Waals surface area contributed by atoms with Gasteiger partial charge in [-0.05, 0) is 17.9 Å². The van der Waals surface area contributed by atoms with Crippen LogP contribution in [0.4, 0.5) is 5.69 Å². The summed E-state index contributed by atoms with van der Waals surface area (Å²) in [6.07, 6.45) is -1.41. The van der Waals surface area contributed by atoms with E-state index in [4.69, 9.17) is 0 Å². The number of amides is 2. The lowest BCUT2D eigenvalue weighted by Crippen LogP contribution is -2.49. The lowest BCUT2D eigenvalue weighted by molar-refractivity contribution is -0.132. The second kappa shape index (κ2) is 9.02. The molecule has 6 heteroatoms. The van der Waals surface area contributed by atoms with Crippen LogP contribution in [0.2, 0.25) is 0 Å². The van der Waals surface area contributed by atoms with Crippen LogP contribution < -0.4 is 10.2 Å². The second-order valence-corrected chi connectivity index (χ2v) is 9.29. The summed E-state index contributed by atoms with van der Waals surface area (Å²) in [5.74, 6) is -1.40. The second-order valence-electron chi connectivity index (χ2n) is 9.29. The number of aliphatic hydroxyl groups excluding tert-OH is 1. The van der Waals surface area contributed by atoms with Gasteiger partial charge in [-0.2, -0.15) is 0 Å². The first-order valence-corrected chi connectivity index (χ1v) is 10.6. The Morgan fingerprint density at radius 2 is 1.74 bits per heavy atom. The van der Waals surface area contributed by atoms with E-state index < -0.39 is 24.1 Å². The zero-order valence-corrected chi connectivity index (χ0v) is 18.8. The van der Waals surface area contributed by atoms with Crippen molar-refractivity contribution in [2.24, 2.45) is 16.3 Å². The average molecular weight is 422 g/mol. The zero-order chi connectivity index (χ0) is 22.8. The topological polar surface area (TPSA) is 82.0 Å². The van der Waals surface area contributed by atoms with Gasteiger partial charge in [0.15, 0.2) is 0 Å². The number of anilines is 1. The van der Waals surface area contributed by atoms with Crippen molar-refractivity contribution in [1.82, 2.24) is 5.32 Å². The summed E-state index contributed by atoms with van der Waals surface area (Å²) in [5.41, 5.74) is 2.93. The number of carbonyl (C=O) groups is 2. The van der Waals surface area contributed by atoms with Crippen molar-refractivity contribution in [2.45, 2.75) is 46.4 Å². The molecule has 3 atom stereocenters. The van der Waals surface area contributed by atoms with Crippen LogP contribution in [0.15, 0.2) is 59.6 Å². The maximum Gasteiger partial charge on any atom is 0.272 e. The summed E-state index contributed by atoms with van der Waals surface area (Å²) >= 11 is 0. The number of fused-ring (bicyclic) bond motifs is 1. The first-order valence-electron chi connectivity index (χ1n) is 10.6. The van der Waals surface area contributed by atoms with Crippen LogP contribution in [0.25, 0.3) is 0 Å². The summed E-state index contributed by atoms with van der Waals surface area (Å²) < 4.78 is 0. The number of hydrogen-bond donors (Lipinski definition) is 2.